The topological polar surface area (TPSA) is 25.2 Å². The molecule has 0 bridgehead atoms. The van der Waals surface area contributed by atoms with E-state index in [4.69, 9.17) is 11.6 Å². The summed E-state index contributed by atoms with van der Waals surface area (Å²) in [6.07, 6.45) is 0. The van der Waals surface area contributed by atoms with Crippen LogP contribution in [0.4, 0.5) is 5.69 Å². The third-order valence-electron chi connectivity index (χ3n) is 4.49. The lowest BCUT2D eigenvalue weighted by atomic mass is 10.1. The van der Waals surface area contributed by atoms with Crippen molar-refractivity contribution in [3.63, 3.8) is 0 Å². The number of amides is 1. The van der Waals surface area contributed by atoms with E-state index >= 15 is 0 Å². The number of carbonyl (C=O) groups excluding carboxylic acids is 1. The van der Waals surface area contributed by atoms with Crippen molar-refractivity contribution in [2.24, 2.45) is 0 Å². The fraction of sp³-hybridized carbons (Fsp3) is 0.286. The molecule has 3 nitrogen and oxygen atoms in total. The summed E-state index contributed by atoms with van der Waals surface area (Å²) in [5.74, 6) is -0.106. The number of anilines is 1. The van der Waals surface area contributed by atoms with Crippen LogP contribution in [0.25, 0.3) is 10.9 Å². The Morgan fingerprint density at radius 3 is 2.28 bits per heavy atom. The molecule has 0 unspecified atom stereocenters. The number of benzene rings is 2. The predicted molar refractivity (Wildman–Crippen MR) is 106 cm³/mol. The number of para-hydroxylation sites is 1. The molecule has 1 heterocycles. The van der Waals surface area contributed by atoms with Crippen LogP contribution in [0.5, 0.6) is 0 Å². The van der Waals surface area contributed by atoms with E-state index in [0.717, 1.165) is 22.3 Å². The summed E-state index contributed by atoms with van der Waals surface area (Å²) in [6, 6.07) is 15.4. The molecule has 3 rings (SSSR count). The summed E-state index contributed by atoms with van der Waals surface area (Å²) in [7, 11) is 1.81. The third-order valence-corrected chi connectivity index (χ3v) is 4.82. The third kappa shape index (κ3) is 2.93. The summed E-state index contributed by atoms with van der Waals surface area (Å²) in [6.45, 7) is 8.58. The second-order valence-corrected chi connectivity index (χ2v) is 7.71. The van der Waals surface area contributed by atoms with Gasteiger partial charge in [-0.15, -0.1) is 0 Å². The Morgan fingerprint density at radius 2 is 1.64 bits per heavy atom. The Kier molecular flexibility index (Phi) is 4.38. The molecule has 4 heteroatoms. The highest BCUT2D eigenvalue weighted by Crippen LogP contribution is 2.37. The Hall–Kier alpha value is -2.26. The Bertz CT molecular complexity index is 950. The van der Waals surface area contributed by atoms with Crippen molar-refractivity contribution in [3.05, 3.63) is 64.8 Å². The summed E-state index contributed by atoms with van der Waals surface area (Å²) in [4.78, 5) is 14.8. The van der Waals surface area contributed by atoms with Gasteiger partial charge < -0.3 is 9.47 Å². The maximum atomic E-state index is 13.1. The van der Waals surface area contributed by atoms with E-state index in [2.05, 4.69) is 44.4 Å². The number of carbonyl (C=O) groups is 1. The van der Waals surface area contributed by atoms with Gasteiger partial charge in [-0.3, -0.25) is 4.79 Å². The van der Waals surface area contributed by atoms with Crippen LogP contribution in [0.3, 0.4) is 0 Å². The van der Waals surface area contributed by atoms with Crippen molar-refractivity contribution < 1.29 is 4.79 Å². The van der Waals surface area contributed by atoms with Crippen molar-refractivity contribution in [1.29, 1.82) is 0 Å². The number of hydrogen-bond donors (Lipinski definition) is 0. The van der Waals surface area contributed by atoms with Gasteiger partial charge in [-0.05, 0) is 45.9 Å². The van der Waals surface area contributed by atoms with E-state index in [1.165, 1.54) is 0 Å². The first-order chi connectivity index (χ1) is 11.7. The molecular weight excluding hydrogens is 332 g/mol. The van der Waals surface area contributed by atoms with Crippen molar-refractivity contribution in [3.8, 4) is 0 Å². The van der Waals surface area contributed by atoms with Crippen LogP contribution in [0.15, 0.2) is 48.5 Å². The normalized spacial score (nSPS) is 11.8. The summed E-state index contributed by atoms with van der Waals surface area (Å²) >= 11 is 6.23. The van der Waals surface area contributed by atoms with Crippen LogP contribution in [0, 0.1) is 6.92 Å². The SMILES string of the molecule is Cc1c(N(C)C(=O)c2ccccc2Cl)c2ccccc2n1C(C)(C)C. The zero-order valence-electron chi connectivity index (χ0n) is 15.3. The van der Waals surface area contributed by atoms with Crippen molar-refractivity contribution in [2.45, 2.75) is 33.2 Å². The van der Waals surface area contributed by atoms with E-state index in [9.17, 15) is 4.79 Å². The van der Waals surface area contributed by atoms with Gasteiger partial charge in [-0.1, -0.05) is 41.9 Å². The van der Waals surface area contributed by atoms with E-state index < -0.39 is 0 Å². The number of nitrogens with zero attached hydrogens (tertiary/aromatic N) is 2. The van der Waals surface area contributed by atoms with Gasteiger partial charge in [0.25, 0.3) is 5.91 Å². The van der Waals surface area contributed by atoms with Crippen LogP contribution in [0.1, 0.15) is 36.8 Å². The van der Waals surface area contributed by atoms with E-state index in [0.29, 0.717) is 10.6 Å². The highest BCUT2D eigenvalue weighted by atomic mass is 35.5. The Balaban J connectivity index is 2.21. The molecule has 0 radical (unpaired) electrons. The van der Waals surface area contributed by atoms with Crippen LogP contribution in [-0.4, -0.2) is 17.5 Å². The molecule has 130 valence electrons. The van der Waals surface area contributed by atoms with E-state index in [1.807, 2.05) is 31.3 Å². The molecular formula is C21H23ClN2O. The molecule has 1 aromatic heterocycles. The average molecular weight is 355 g/mol. The zero-order chi connectivity index (χ0) is 18.4. The molecule has 0 aliphatic rings. The van der Waals surface area contributed by atoms with Gasteiger partial charge in [-0.25, -0.2) is 0 Å². The summed E-state index contributed by atoms with van der Waals surface area (Å²) in [5.41, 5.74) is 3.54. The van der Waals surface area contributed by atoms with Crippen LogP contribution in [-0.2, 0) is 5.54 Å². The predicted octanol–water partition coefficient (Wildman–Crippen LogP) is 5.63. The lowest BCUT2D eigenvalue weighted by Crippen LogP contribution is -2.28. The van der Waals surface area contributed by atoms with E-state index in [1.54, 1.807) is 17.0 Å². The standard InChI is InChI=1S/C21H23ClN2O/c1-14-19(23(5)20(25)15-10-6-8-12-17(15)22)16-11-7-9-13-18(16)24(14)21(2,3)4/h6-13H,1-5H3. The van der Waals surface area contributed by atoms with Crippen LogP contribution >= 0.6 is 11.6 Å². The molecule has 0 saturated heterocycles. The lowest BCUT2D eigenvalue weighted by molar-refractivity contribution is 0.0993. The minimum atomic E-state index is -0.106. The fourth-order valence-electron chi connectivity index (χ4n) is 3.56. The Morgan fingerprint density at radius 1 is 1.04 bits per heavy atom. The van der Waals surface area contributed by atoms with Crippen LogP contribution in [0.2, 0.25) is 5.02 Å². The lowest BCUT2D eigenvalue weighted by Gasteiger charge is -2.26. The maximum Gasteiger partial charge on any atom is 0.259 e. The first kappa shape index (κ1) is 17.6. The highest BCUT2D eigenvalue weighted by Gasteiger charge is 2.27. The van der Waals surface area contributed by atoms with Crippen LogP contribution < -0.4 is 4.90 Å². The monoisotopic (exact) mass is 354 g/mol. The number of hydrogen-bond acceptors (Lipinski definition) is 1. The van der Waals surface area contributed by atoms with E-state index in [-0.39, 0.29) is 11.4 Å². The summed E-state index contributed by atoms with van der Waals surface area (Å²) < 4.78 is 2.29. The average Bonchev–Trinajstić information content (AvgIpc) is 2.85. The second kappa shape index (κ2) is 6.23. The highest BCUT2D eigenvalue weighted by molar-refractivity contribution is 6.34. The van der Waals surface area contributed by atoms with Crippen molar-refractivity contribution in [1.82, 2.24) is 4.57 Å². The molecule has 0 atom stereocenters. The zero-order valence-corrected chi connectivity index (χ0v) is 16.1. The molecule has 1 amide bonds. The molecule has 25 heavy (non-hydrogen) atoms. The smallest absolute Gasteiger partial charge is 0.259 e. The maximum absolute atomic E-state index is 13.1. The second-order valence-electron chi connectivity index (χ2n) is 7.30. The molecule has 0 aliphatic carbocycles. The first-order valence-electron chi connectivity index (χ1n) is 8.36. The first-order valence-corrected chi connectivity index (χ1v) is 8.74. The Labute approximate surface area is 153 Å². The molecule has 0 N–H and O–H groups in total. The minimum absolute atomic E-state index is 0.0871. The molecule has 0 saturated carbocycles. The van der Waals surface area contributed by atoms with Gasteiger partial charge in [0.2, 0.25) is 0 Å². The quantitative estimate of drug-likeness (QED) is 0.585. The molecule has 0 aliphatic heterocycles. The van der Waals surface area contributed by atoms with Gasteiger partial charge in [0.1, 0.15) is 0 Å². The fourth-order valence-corrected chi connectivity index (χ4v) is 3.77. The number of fused-ring (bicyclic) bond motifs is 1. The van der Waals surface area contributed by atoms with Gasteiger partial charge >= 0.3 is 0 Å². The van der Waals surface area contributed by atoms with Gasteiger partial charge in [0, 0.05) is 23.7 Å². The van der Waals surface area contributed by atoms with Gasteiger partial charge in [0.05, 0.1) is 21.8 Å². The number of halogens is 1. The molecule has 0 spiro atoms. The largest absolute Gasteiger partial charge is 0.337 e. The molecule has 3 aromatic rings. The van der Waals surface area contributed by atoms with Gasteiger partial charge in [0.15, 0.2) is 0 Å². The minimum Gasteiger partial charge on any atom is -0.337 e. The summed E-state index contributed by atoms with van der Waals surface area (Å²) in [5, 5.41) is 1.54. The number of rotatable bonds is 2. The number of aromatic nitrogens is 1. The van der Waals surface area contributed by atoms with Crippen molar-refractivity contribution >= 4 is 34.1 Å². The molecule has 0 fully saturated rings. The molecule has 2 aromatic carbocycles. The van der Waals surface area contributed by atoms with Crippen molar-refractivity contribution in [2.75, 3.05) is 11.9 Å². The van der Waals surface area contributed by atoms with Gasteiger partial charge in [-0.2, -0.15) is 0 Å².